The monoisotopic (exact) mass is 331 g/mol. The van der Waals surface area contributed by atoms with Crippen LogP contribution in [0.2, 0.25) is 0 Å². The Labute approximate surface area is 144 Å². The first-order valence-electron chi connectivity index (χ1n) is 9.23. The van der Waals surface area contributed by atoms with Gasteiger partial charge >= 0.3 is 5.97 Å². The molecule has 0 bridgehead atoms. The number of rotatable bonds is 10. The van der Waals surface area contributed by atoms with Crippen molar-refractivity contribution in [3.05, 3.63) is 35.4 Å². The van der Waals surface area contributed by atoms with Crippen molar-refractivity contribution in [1.29, 1.82) is 0 Å². The third kappa shape index (κ3) is 6.34. The van der Waals surface area contributed by atoms with Gasteiger partial charge in [0.25, 0.3) is 0 Å². The van der Waals surface area contributed by atoms with Crippen LogP contribution in [-0.2, 0) is 16.0 Å². The summed E-state index contributed by atoms with van der Waals surface area (Å²) in [6.07, 6.45) is 9.04. The van der Waals surface area contributed by atoms with E-state index in [4.69, 9.17) is 5.11 Å². The number of aryl methyl sites for hydroxylation is 1. The summed E-state index contributed by atoms with van der Waals surface area (Å²) in [6, 6.07) is 8.50. The maximum Gasteiger partial charge on any atom is 0.303 e. The van der Waals surface area contributed by atoms with Gasteiger partial charge in [0.2, 0.25) is 5.91 Å². The van der Waals surface area contributed by atoms with Gasteiger partial charge in [0.1, 0.15) is 0 Å². The fraction of sp³-hybridized carbons (Fsp3) is 0.600. The number of aliphatic carboxylic acids is 1. The first-order valence-corrected chi connectivity index (χ1v) is 9.23. The molecule has 1 aliphatic carbocycles. The molecule has 0 aliphatic heterocycles. The Kier molecular flexibility index (Phi) is 7.80. The molecule has 1 aliphatic rings. The zero-order valence-electron chi connectivity index (χ0n) is 14.4. The van der Waals surface area contributed by atoms with Crippen molar-refractivity contribution in [3.8, 4) is 0 Å². The average Bonchev–Trinajstić information content (AvgIpc) is 2.57. The van der Waals surface area contributed by atoms with Crippen molar-refractivity contribution >= 4 is 11.9 Å². The molecular formula is C20H29NO3. The maximum absolute atomic E-state index is 12.2. The molecule has 2 N–H and O–H groups in total. The summed E-state index contributed by atoms with van der Waals surface area (Å²) in [5, 5.41) is 11.6. The van der Waals surface area contributed by atoms with E-state index in [-0.39, 0.29) is 12.3 Å². The van der Waals surface area contributed by atoms with Crippen LogP contribution in [0.3, 0.4) is 0 Å². The second kappa shape index (κ2) is 10.1. The van der Waals surface area contributed by atoms with Crippen LogP contribution < -0.4 is 5.32 Å². The zero-order valence-corrected chi connectivity index (χ0v) is 14.4. The highest BCUT2D eigenvalue weighted by atomic mass is 16.4. The second-order valence-corrected chi connectivity index (χ2v) is 6.75. The van der Waals surface area contributed by atoms with Crippen molar-refractivity contribution in [1.82, 2.24) is 5.32 Å². The van der Waals surface area contributed by atoms with Crippen LogP contribution in [0.5, 0.6) is 0 Å². The highest BCUT2D eigenvalue weighted by Gasteiger charge is 2.21. The molecule has 0 radical (unpaired) electrons. The van der Waals surface area contributed by atoms with Gasteiger partial charge < -0.3 is 10.4 Å². The fourth-order valence-corrected chi connectivity index (χ4v) is 3.52. The SMILES string of the molecule is O=C(O)CCCCCCCNC(=O)CC1CCCc2ccccc21. The van der Waals surface area contributed by atoms with Gasteiger partial charge in [-0.1, -0.05) is 43.5 Å². The molecule has 0 heterocycles. The molecule has 1 aromatic carbocycles. The molecule has 2 rings (SSSR count). The van der Waals surface area contributed by atoms with Crippen molar-refractivity contribution in [2.24, 2.45) is 0 Å². The minimum atomic E-state index is -0.716. The van der Waals surface area contributed by atoms with Gasteiger partial charge in [-0.3, -0.25) is 9.59 Å². The molecule has 24 heavy (non-hydrogen) atoms. The Morgan fingerprint density at radius 2 is 1.83 bits per heavy atom. The average molecular weight is 331 g/mol. The number of fused-ring (bicyclic) bond motifs is 1. The van der Waals surface area contributed by atoms with Crippen LogP contribution in [0.15, 0.2) is 24.3 Å². The van der Waals surface area contributed by atoms with Crippen molar-refractivity contribution in [2.45, 2.75) is 70.1 Å². The molecule has 0 spiro atoms. The molecule has 0 fully saturated rings. The molecule has 1 aromatic rings. The number of carbonyl (C=O) groups excluding carboxylic acids is 1. The summed E-state index contributed by atoms with van der Waals surface area (Å²) in [5.41, 5.74) is 2.76. The summed E-state index contributed by atoms with van der Waals surface area (Å²) in [7, 11) is 0. The molecule has 4 nitrogen and oxygen atoms in total. The summed E-state index contributed by atoms with van der Waals surface area (Å²) in [6.45, 7) is 0.728. The summed E-state index contributed by atoms with van der Waals surface area (Å²) >= 11 is 0. The van der Waals surface area contributed by atoms with E-state index in [0.717, 1.165) is 51.5 Å². The molecule has 0 aromatic heterocycles. The summed E-state index contributed by atoms with van der Waals surface area (Å²) in [5.74, 6) is -0.194. The second-order valence-electron chi connectivity index (χ2n) is 6.75. The predicted octanol–water partition coefficient (Wildman–Crippen LogP) is 4.04. The Bertz CT molecular complexity index is 541. The molecule has 0 saturated carbocycles. The Morgan fingerprint density at radius 3 is 2.67 bits per heavy atom. The lowest BCUT2D eigenvalue weighted by atomic mass is 9.81. The van der Waals surface area contributed by atoms with E-state index in [9.17, 15) is 9.59 Å². The summed E-state index contributed by atoms with van der Waals surface area (Å²) < 4.78 is 0. The van der Waals surface area contributed by atoms with E-state index in [2.05, 4.69) is 29.6 Å². The minimum absolute atomic E-state index is 0.155. The van der Waals surface area contributed by atoms with Gasteiger partial charge in [0.05, 0.1) is 0 Å². The highest BCUT2D eigenvalue weighted by Crippen LogP contribution is 2.33. The molecule has 132 valence electrons. The smallest absolute Gasteiger partial charge is 0.303 e. The maximum atomic E-state index is 12.2. The lowest BCUT2D eigenvalue weighted by Gasteiger charge is -2.25. The lowest BCUT2D eigenvalue weighted by molar-refractivity contribution is -0.137. The van der Waals surface area contributed by atoms with Crippen LogP contribution in [0.1, 0.15) is 74.8 Å². The highest BCUT2D eigenvalue weighted by molar-refractivity contribution is 5.77. The van der Waals surface area contributed by atoms with E-state index in [0.29, 0.717) is 12.3 Å². The molecule has 1 atom stereocenters. The number of nitrogens with one attached hydrogen (secondary N) is 1. The molecule has 1 unspecified atom stereocenters. The van der Waals surface area contributed by atoms with E-state index in [1.165, 1.54) is 17.5 Å². The van der Waals surface area contributed by atoms with Gasteiger partial charge in [-0.15, -0.1) is 0 Å². The molecule has 1 amide bonds. The first kappa shape index (κ1) is 18.5. The molecule has 0 saturated heterocycles. The number of carboxylic acids is 1. The van der Waals surface area contributed by atoms with E-state index >= 15 is 0 Å². The molecule has 4 heteroatoms. The van der Waals surface area contributed by atoms with Crippen LogP contribution in [0.4, 0.5) is 0 Å². The first-order chi connectivity index (χ1) is 11.7. The predicted molar refractivity (Wildman–Crippen MR) is 95.1 cm³/mol. The number of hydrogen-bond donors (Lipinski definition) is 2. The largest absolute Gasteiger partial charge is 0.481 e. The van der Waals surface area contributed by atoms with Crippen molar-refractivity contribution < 1.29 is 14.7 Å². The van der Waals surface area contributed by atoms with Crippen molar-refractivity contribution in [3.63, 3.8) is 0 Å². The van der Waals surface area contributed by atoms with Crippen LogP contribution in [-0.4, -0.2) is 23.5 Å². The minimum Gasteiger partial charge on any atom is -0.481 e. The number of carboxylic acid groups (broad SMARTS) is 1. The zero-order chi connectivity index (χ0) is 17.2. The van der Waals surface area contributed by atoms with Gasteiger partial charge in [-0.05, 0) is 49.1 Å². The van der Waals surface area contributed by atoms with E-state index < -0.39 is 5.97 Å². The number of hydrogen-bond acceptors (Lipinski definition) is 2. The van der Waals surface area contributed by atoms with E-state index in [1.54, 1.807) is 0 Å². The van der Waals surface area contributed by atoms with Crippen molar-refractivity contribution in [2.75, 3.05) is 6.54 Å². The Morgan fingerprint density at radius 1 is 1.08 bits per heavy atom. The van der Waals surface area contributed by atoms with Crippen LogP contribution in [0.25, 0.3) is 0 Å². The van der Waals surface area contributed by atoms with Gasteiger partial charge in [0, 0.05) is 19.4 Å². The standard InChI is InChI=1S/C20H29NO3/c22-19(21-14-7-3-1-2-4-13-20(23)24)15-17-11-8-10-16-9-5-6-12-18(16)17/h5-6,9,12,17H,1-4,7-8,10-11,13-15H2,(H,21,22)(H,23,24). The normalized spacial score (nSPS) is 16.4. The third-order valence-electron chi connectivity index (χ3n) is 4.82. The van der Waals surface area contributed by atoms with E-state index in [1.807, 2.05) is 0 Å². The van der Waals surface area contributed by atoms with Crippen LogP contribution >= 0.6 is 0 Å². The fourth-order valence-electron chi connectivity index (χ4n) is 3.52. The van der Waals surface area contributed by atoms with Gasteiger partial charge in [-0.25, -0.2) is 0 Å². The Balaban J connectivity index is 1.58. The number of amides is 1. The summed E-state index contributed by atoms with van der Waals surface area (Å²) in [4.78, 5) is 22.6. The van der Waals surface area contributed by atoms with Gasteiger partial charge in [0.15, 0.2) is 0 Å². The Hall–Kier alpha value is -1.84. The number of carbonyl (C=O) groups is 2. The van der Waals surface area contributed by atoms with Crippen LogP contribution in [0, 0.1) is 0 Å². The number of benzene rings is 1. The molecular weight excluding hydrogens is 302 g/mol. The third-order valence-corrected chi connectivity index (χ3v) is 4.82. The number of unbranched alkanes of at least 4 members (excludes halogenated alkanes) is 4. The lowest BCUT2D eigenvalue weighted by Crippen LogP contribution is -2.27. The quantitative estimate of drug-likeness (QED) is 0.636. The topological polar surface area (TPSA) is 66.4 Å². The van der Waals surface area contributed by atoms with Gasteiger partial charge in [-0.2, -0.15) is 0 Å².